The van der Waals surface area contributed by atoms with Crippen LogP contribution >= 0.6 is 0 Å². The summed E-state index contributed by atoms with van der Waals surface area (Å²) in [6.07, 6.45) is 1.32. The molecule has 8 heteroatoms. The van der Waals surface area contributed by atoms with Gasteiger partial charge >= 0.3 is 5.97 Å². The smallest absolute Gasteiger partial charge is 0.354 e. The topological polar surface area (TPSA) is 76.0 Å². The summed E-state index contributed by atoms with van der Waals surface area (Å²) >= 11 is 0. The second kappa shape index (κ2) is 11.1. The molecule has 3 aromatic heterocycles. The van der Waals surface area contributed by atoms with Crippen LogP contribution in [0.25, 0.3) is 11.3 Å². The van der Waals surface area contributed by atoms with E-state index in [4.69, 9.17) is 4.98 Å². The molecule has 33 heavy (non-hydrogen) atoms. The van der Waals surface area contributed by atoms with Crippen molar-refractivity contribution in [1.82, 2.24) is 15.0 Å². The normalized spacial score (nSPS) is 11.5. The Morgan fingerprint density at radius 3 is 2.09 bits per heavy atom. The van der Waals surface area contributed by atoms with E-state index in [1.54, 1.807) is 18.2 Å². The summed E-state index contributed by atoms with van der Waals surface area (Å²) in [6, 6.07) is 13.7. The molecule has 0 aliphatic carbocycles. The molecule has 3 rings (SSSR count). The van der Waals surface area contributed by atoms with Crippen molar-refractivity contribution in [2.75, 3.05) is 0 Å². The molecule has 3 aromatic rings. The predicted molar refractivity (Wildman–Crippen MR) is 117 cm³/mol. The summed E-state index contributed by atoms with van der Waals surface area (Å²) in [4.78, 5) is 24.1. The maximum Gasteiger partial charge on any atom is 0.354 e. The van der Waals surface area contributed by atoms with Crippen molar-refractivity contribution in [3.05, 3.63) is 77.5 Å². The summed E-state index contributed by atoms with van der Waals surface area (Å²) in [6.45, 7) is 8.32. The quantitative estimate of drug-likeness (QED) is 0.255. The molecule has 0 saturated carbocycles. The molecule has 0 radical (unpaired) electrons. The molecular formula is C25H26F2N3O2Pt-. The molecule has 0 fully saturated rings. The average molecular weight is 634 g/mol. The van der Waals surface area contributed by atoms with Crippen LogP contribution in [-0.2, 0) is 26.5 Å². The van der Waals surface area contributed by atoms with Crippen LogP contribution in [0.4, 0.5) is 8.78 Å². The van der Waals surface area contributed by atoms with Crippen LogP contribution < -0.4 is 0 Å². The second-order valence-corrected chi connectivity index (χ2v) is 8.79. The number of nitrogens with zero attached hydrogens (tertiary/aromatic N) is 3. The van der Waals surface area contributed by atoms with Gasteiger partial charge in [-0.05, 0) is 48.6 Å². The van der Waals surface area contributed by atoms with E-state index in [0.717, 1.165) is 6.07 Å². The van der Waals surface area contributed by atoms with E-state index in [1.807, 2.05) is 12.1 Å². The van der Waals surface area contributed by atoms with Crippen LogP contribution in [0.2, 0.25) is 0 Å². The van der Waals surface area contributed by atoms with Crippen molar-refractivity contribution in [3.63, 3.8) is 0 Å². The Labute approximate surface area is 207 Å². The first-order chi connectivity index (χ1) is 15.1. The van der Waals surface area contributed by atoms with Crippen molar-refractivity contribution in [2.45, 2.75) is 46.0 Å². The molecule has 0 bridgehead atoms. The van der Waals surface area contributed by atoms with Crippen LogP contribution in [0.5, 0.6) is 0 Å². The summed E-state index contributed by atoms with van der Waals surface area (Å²) in [5.74, 6) is -2.56. The van der Waals surface area contributed by atoms with E-state index < -0.39 is 23.3 Å². The zero-order chi connectivity index (χ0) is 23.5. The minimum absolute atomic E-state index is 0. The molecule has 0 aromatic carbocycles. The Morgan fingerprint density at radius 2 is 1.55 bits per heavy atom. The number of carboxylic acid groups (broad SMARTS) is 1. The molecule has 0 aliphatic rings. The number of aromatic carboxylic acids is 1. The van der Waals surface area contributed by atoms with Gasteiger partial charge in [0.2, 0.25) is 0 Å². The van der Waals surface area contributed by atoms with Gasteiger partial charge in [0.05, 0.1) is 11.1 Å². The first kappa shape index (κ1) is 26.7. The molecule has 0 saturated heterocycles. The first-order valence-corrected chi connectivity index (χ1v) is 10.5. The minimum atomic E-state index is -1.11. The van der Waals surface area contributed by atoms with Crippen LogP contribution in [0.15, 0.2) is 42.5 Å². The van der Waals surface area contributed by atoms with Crippen molar-refractivity contribution < 1.29 is 39.7 Å². The first-order valence-electron chi connectivity index (χ1n) is 10.5. The summed E-state index contributed by atoms with van der Waals surface area (Å²) in [5, 5.41) is 9.49. The Kier molecular flexibility index (Phi) is 8.95. The number of pyridine rings is 3. The summed E-state index contributed by atoms with van der Waals surface area (Å²) < 4.78 is 27.6. The fraction of sp³-hybridized carbons (Fsp3) is 0.360. The number of aromatic nitrogens is 3. The van der Waals surface area contributed by atoms with Crippen LogP contribution in [0, 0.1) is 29.8 Å². The Bertz CT molecular complexity index is 1110. The average Bonchev–Trinajstić information content (AvgIpc) is 2.72. The van der Waals surface area contributed by atoms with Crippen LogP contribution in [-0.4, -0.2) is 26.0 Å². The monoisotopic (exact) mass is 633 g/mol. The van der Waals surface area contributed by atoms with Gasteiger partial charge in [-0.1, -0.05) is 57.5 Å². The van der Waals surface area contributed by atoms with E-state index in [9.17, 15) is 18.7 Å². The number of rotatable bonds is 8. The molecular weight excluding hydrogens is 607 g/mol. The third kappa shape index (κ3) is 6.08. The van der Waals surface area contributed by atoms with Gasteiger partial charge in [-0.25, -0.2) is 18.6 Å². The zero-order valence-corrected chi connectivity index (χ0v) is 21.2. The Hall–Kier alpha value is -2.53. The molecule has 5 nitrogen and oxygen atoms in total. The summed E-state index contributed by atoms with van der Waals surface area (Å²) in [7, 11) is 0. The van der Waals surface area contributed by atoms with E-state index in [1.165, 1.54) is 6.07 Å². The SMILES string of the molecule is CC(C)CC(CC(C)C)(c1cccc(C(=O)O)n1)c1cccc(-c2[c-]cc(F)nc2F)n1.[Pt]. The summed E-state index contributed by atoms with van der Waals surface area (Å²) in [5.41, 5.74) is 0.754. The fourth-order valence-corrected chi connectivity index (χ4v) is 4.24. The van der Waals surface area contributed by atoms with E-state index in [0.29, 0.717) is 24.2 Å². The zero-order valence-electron chi connectivity index (χ0n) is 18.9. The van der Waals surface area contributed by atoms with Gasteiger partial charge in [0.25, 0.3) is 0 Å². The molecule has 3 heterocycles. The molecule has 0 unspecified atom stereocenters. The van der Waals surface area contributed by atoms with Crippen molar-refractivity contribution in [2.24, 2.45) is 11.8 Å². The third-order valence-electron chi connectivity index (χ3n) is 5.21. The van der Waals surface area contributed by atoms with Gasteiger partial charge < -0.3 is 10.1 Å². The van der Waals surface area contributed by atoms with Gasteiger partial charge in [0, 0.05) is 26.8 Å². The standard InChI is InChI=1S/C25H26F2N3O2.Pt/c1-15(2)13-25(14-16(3)4,21-10-6-8-19(29-21)24(31)32)20-9-5-7-18(28-20)17-11-12-22(26)30-23(17)27;/h5-10,12,15-16H,13-14H2,1-4H3,(H,31,32);/q-1;. The number of hydrogen-bond acceptors (Lipinski definition) is 4. The molecule has 0 atom stereocenters. The second-order valence-electron chi connectivity index (χ2n) is 8.79. The number of carbonyl (C=O) groups is 1. The molecule has 1 N–H and O–H groups in total. The molecule has 0 spiro atoms. The molecule has 0 amide bonds. The number of hydrogen-bond donors (Lipinski definition) is 1. The van der Waals surface area contributed by atoms with Crippen molar-refractivity contribution in [3.8, 4) is 11.3 Å². The van der Waals surface area contributed by atoms with Gasteiger partial charge in [0.15, 0.2) is 0 Å². The van der Waals surface area contributed by atoms with E-state index in [-0.39, 0.29) is 49.9 Å². The maximum atomic E-state index is 14.3. The predicted octanol–water partition coefficient (Wildman–Crippen LogP) is 5.69. The Morgan fingerprint density at radius 1 is 0.970 bits per heavy atom. The molecule has 0 aliphatic heterocycles. The van der Waals surface area contributed by atoms with Crippen molar-refractivity contribution in [1.29, 1.82) is 0 Å². The van der Waals surface area contributed by atoms with Gasteiger partial charge in [-0.15, -0.1) is 6.07 Å². The fourth-order valence-electron chi connectivity index (χ4n) is 4.24. The number of carboxylic acids is 1. The Balaban J connectivity index is 0.00000385. The van der Waals surface area contributed by atoms with E-state index in [2.05, 4.69) is 43.7 Å². The largest absolute Gasteiger partial charge is 0.477 e. The minimum Gasteiger partial charge on any atom is -0.477 e. The molecule has 178 valence electrons. The maximum absolute atomic E-state index is 14.3. The van der Waals surface area contributed by atoms with E-state index >= 15 is 0 Å². The van der Waals surface area contributed by atoms with Gasteiger partial charge in [0.1, 0.15) is 17.6 Å². The van der Waals surface area contributed by atoms with Crippen molar-refractivity contribution >= 4 is 5.97 Å². The van der Waals surface area contributed by atoms with Gasteiger partial charge in [-0.2, -0.15) is 0 Å². The van der Waals surface area contributed by atoms with Crippen LogP contribution in [0.3, 0.4) is 0 Å². The van der Waals surface area contributed by atoms with Gasteiger partial charge in [-0.3, -0.25) is 4.98 Å². The third-order valence-corrected chi connectivity index (χ3v) is 5.21. The number of halogens is 2. The van der Waals surface area contributed by atoms with Crippen LogP contribution in [0.1, 0.15) is 62.4 Å².